The monoisotopic (exact) mass is 241 g/mol. The van der Waals surface area contributed by atoms with Gasteiger partial charge in [-0.25, -0.2) is 0 Å². The van der Waals surface area contributed by atoms with Crippen LogP contribution in [0.5, 0.6) is 0 Å². The number of aliphatic hydroxyl groups excluding tert-OH is 1. The molecule has 3 heteroatoms. The van der Waals surface area contributed by atoms with Gasteiger partial charge in [0.05, 0.1) is 6.10 Å². The third-order valence-corrected chi connectivity index (χ3v) is 3.65. The van der Waals surface area contributed by atoms with Crippen molar-refractivity contribution in [3.63, 3.8) is 0 Å². The van der Waals surface area contributed by atoms with E-state index in [9.17, 15) is 9.90 Å². The fraction of sp³-hybridized carbons (Fsp3) is 0.929. The minimum Gasteiger partial charge on any atom is -0.392 e. The van der Waals surface area contributed by atoms with Crippen molar-refractivity contribution in [1.29, 1.82) is 0 Å². The fourth-order valence-electron chi connectivity index (χ4n) is 2.73. The lowest BCUT2D eigenvalue weighted by Crippen LogP contribution is -2.45. The standard InChI is InChI=1S/C14H27NO2/c1-10(2)15(9-12(4)16)14(17)13-7-5-6-11(3)8-13/h10-13,16H,5-9H2,1-4H3. The highest BCUT2D eigenvalue weighted by atomic mass is 16.3. The Bertz CT molecular complexity index is 251. The van der Waals surface area contributed by atoms with Crippen LogP contribution in [0.1, 0.15) is 53.4 Å². The summed E-state index contributed by atoms with van der Waals surface area (Å²) in [4.78, 5) is 14.3. The van der Waals surface area contributed by atoms with Gasteiger partial charge in [0.25, 0.3) is 0 Å². The molecule has 3 atom stereocenters. The molecule has 0 aromatic heterocycles. The van der Waals surface area contributed by atoms with Crippen molar-refractivity contribution in [1.82, 2.24) is 4.90 Å². The van der Waals surface area contributed by atoms with Gasteiger partial charge < -0.3 is 10.0 Å². The number of rotatable bonds is 4. The SMILES string of the molecule is CC(O)CN(C(=O)C1CCCC(C)C1)C(C)C. The van der Waals surface area contributed by atoms with Crippen LogP contribution in [0.2, 0.25) is 0 Å². The number of hydrogen-bond acceptors (Lipinski definition) is 2. The first kappa shape index (κ1) is 14.5. The van der Waals surface area contributed by atoms with E-state index in [0.29, 0.717) is 12.5 Å². The minimum atomic E-state index is -0.442. The number of nitrogens with zero attached hydrogens (tertiary/aromatic N) is 1. The summed E-state index contributed by atoms with van der Waals surface area (Å²) in [5.41, 5.74) is 0. The second-order valence-electron chi connectivity index (χ2n) is 5.90. The lowest BCUT2D eigenvalue weighted by Gasteiger charge is -2.34. The van der Waals surface area contributed by atoms with Gasteiger partial charge >= 0.3 is 0 Å². The Kier molecular flexibility index (Phi) is 5.44. The molecule has 3 nitrogen and oxygen atoms in total. The highest BCUT2D eigenvalue weighted by molar-refractivity contribution is 5.79. The highest BCUT2D eigenvalue weighted by Gasteiger charge is 2.30. The van der Waals surface area contributed by atoms with E-state index in [1.54, 1.807) is 6.92 Å². The number of carbonyl (C=O) groups is 1. The van der Waals surface area contributed by atoms with Crippen LogP contribution in [-0.2, 0) is 4.79 Å². The fourth-order valence-corrected chi connectivity index (χ4v) is 2.73. The summed E-state index contributed by atoms with van der Waals surface area (Å²) < 4.78 is 0. The minimum absolute atomic E-state index is 0.175. The zero-order valence-electron chi connectivity index (χ0n) is 11.6. The van der Waals surface area contributed by atoms with Crippen molar-refractivity contribution in [2.24, 2.45) is 11.8 Å². The van der Waals surface area contributed by atoms with Crippen molar-refractivity contribution in [3.05, 3.63) is 0 Å². The van der Waals surface area contributed by atoms with Gasteiger partial charge in [-0.2, -0.15) is 0 Å². The molecule has 100 valence electrons. The normalized spacial score (nSPS) is 26.9. The molecule has 1 fully saturated rings. The number of hydrogen-bond donors (Lipinski definition) is 1. The summed E-state index contributed by atoms with van der Waals surface area (Å²) >= 11 is 0. The highest BCUT2D eigenvalue weighted by Crippen LogP contribution is 2.30. The Morgan fingerprint density at radius 1 is 1.35 bits per heavy atom. The molecule has 1 aliphatic carbocycles. The summed E-state index contributed by atoms with van der Waals surface area (Å²) in [6, 6.07) is 0.175. The Labute approximate surface area is 105 Å². The third kappa shape index (κ3) is 4.30. The van der Waals surface area contributed by atoms with Crippen molar-refractivity contribution < 1.29 is 9.90 Å². The molecule has 3 unspecified atom stereocenters. The van der Waals surface area contributed by atoms with Gasteiger partial charge in [-0.05, 0) is 39.5 Å². The predicted octanol–water partition coefficient (Wildman–Crippen LogP) is 2.43. The molecule has 0 aliphatic heterocycles. The third-order valence-electron chi connectivity index (χ3n) is 3.65. The number of carbonyl (C=O) groups excluding carboxylic acids is 1. The van der Waals surface area contributed by atoms with Crippen molar-refractivity contribution in [2.75, 3.05) is 6.54 Å². The molecule has 0 saturated heterocycles. The maximum Gasteiger partial charge on any atom is 0.226 e. The molecule has 0 aromatic rings. The van der Waals surface area contributed by atoms with E-state index in [1.165, 1.54) is 6.42 Å². The van der Waals surface area contributed by atoms with Crippen LogP contribution < -0.4 is 0 Å². The van der Waals surface area contributed by atoms with E-state index >= 15 is 0 Å². The molecule has 0 bridgehead atoms. The zero-order valence-corrected chi connectivity index (χ0v) is 11.6. The largest absolute Gasteiger partial charge is 0.392 e. The first-order valence-corrected chi connectivity index (χ1v) is 6.90. The molecule has 0 heterocycles. The molecule has 1 saturated carbocycles. The Hall–Kier alpha value is -0.570. The molecular formula is C14H27NO2. The molecule has 0 aromatic carbocycles. The first-order valence-electron chi connectivity index (χ1n) is 6.90. The van der Waals surface area contributed by atoms with E-state index in [-0.39, 0.29) is 17.9 Å². The molecular weight excluding hydrogens is 214 g/mol. The van der Waals surface area contributed by atoms with Crippen LogP contribution in [0.25, 0.3) is 0 Å². The second kappa shape index (κ2) is 6.39. The molecule has 1 amide bonds. The zero-order chi connectivity index (χ0) is 13.0. The summed E-state index contributed by atoms with van der Waals surface area (Å²) in [5.74, 6) is 1.09. The van der Waals surface area contributed by atoms with Gasteiger partial charge in [-0.1, -0.05) is 19.8 Å². The molecule has 1 rings (SSSR count). The van der Waals surface area contributed by atoms with Crippen LogP contribution in [0.15, 0.2) is 0 Å². The van der Waals surface area contributed by atoms with Gasteiger partial charge in [0.15, 0.2) is 0 Å². The van der Waals surface area contributed by atoms with E-state index < -0.39 is 6.10 Å². The van der Waals surface area contributed by atoms with Crippen LogP contribution in [0.3, 0.4) is 0 Å². The van der Waals surface area contributed by atoms with Crippen LogP contribution in [-0.4, -0.2) is 34.6 Å². The Balaban J connectivity index is 2.63. The molecule has 0 spiro atoms. The Morgan fingerprint density at radius 3 is 2.47 bits per heavy atom. The van der Waals surface area contributed by atoms with Crippen molar-refractivity contribution >= 4 is 5.91 Å². The first-order chi connectivity index (χ1) is 7.91. The van der Waals surface area contributed by atoms with Gasteiger partial charge in [0.2, 0.25) is 5.91 Å². The lowest BCUT2D eigenvalue weighted by molar-refractivity contribution is -0.140. The van der Waals surface area contributed by atoms with Gasteiger partial charge in [0, 0.05) is 18.5 Å². The maximum absolute atomic E-state index is 12.4. The van der Waals surface area contributed by atoms with Crippen molar-refractivity contribution in [3.8, 4) is 0 Å². The summed E-state index contributed by atoms with van der Waals surface area (Å²) in [7, 11) is 0. The van der Waals surface area contributed by atoms with E-state index in [2.05, 4.69) is 6.92 Å². The van der Waals surface area contributed by atoms with Crippen LogP contribution >= 0.6 is 0 Å². The van der Waals surface area contributed by atoms with E-state index in [1.807, 2.05) is 18.7 Å². The van der Waals surface area contributed by atoms with Gasteiger partial charge in [0.1, 0.15) is 0 Å². The summed E-state index contributed by atoms with van der Waals surface area (Å²) in [6.07, 6.45) is 4.01. The predicted molar refractivity (Wildman–Crippen MR) is 69.7 cm³/mol. The summed E-state index contributed by atoms with van der Waals surface area (Å²) in [5, 5.41) is 9.48. The molecule has 0 radical (unpaired) electrons. The van der Waals surface area contributed by atoms with Crippen LogP contribution in [0.4, 0.5) is 0 Å². The van der Waals surface area contributed by atoms with Gasteiger partial charge in [-0.15, -0.1) is 0 Å². The topological polar surface area (TPSA) is 40.5 Å². The average molecular weight is 241 g/mol. The molecule has 17 heavy (non-hydrogen) atoms. The quantitative estimate of drug-likeness (QED) is 0.821. The number of amides is 1. The molecule has 1 N–H and O–H groups in total. The maximum atomic E-state index is 12.4. The smallest absolute Gasteiger partial charge is 0.226 e. The summed E-state index contributed by atoms with van der Waals surface area (Å²) in [6.45, 7) is 8.47. The van der Waals surface area contributed by atoms with Crippen molar-refractivity contribution in [2.45, 2.75) is 65.5 Å². The van der Waals surface area contributed by atoms with Gasteiger partial charge in [-0.3, -0.25) is 4.79 Å². The second-order valence-corrected chi connectivity index (χ2v) is 5.90. The average Bonchev–Trinajstić information content (AvgIpc) is 2.24. The van der Waals surface area contributed by atoms with E-state index in [4.69, 9.17) is 0 Å². The molecule has 1 aliphatic rings. The number of aliphatic hydroxyl groups is 1. The lowest BCUT2D eigenvalue weighted by atomic mass is 9.81. The van der Waals surface area contributed by atoms with Crippen LogP contribution in [0, 0.1) is 11.8 Å². The Morgan fingerprint density at radius 2 is 2.00 bits per heavy atom. The van der Waals surface area contributed by atoms with E-state index in [0.717, 1.165) is 19.3 Å².